The molecule has 0 aromatic heterocycles. The fraction of sp³-hybridized carbons (Fsp3) is 1.00. The Morgan fingerprint density at radius 2 is 1.56 bits per heavy atom. The first-order valence-corrected chi connectivity index (χ1v) is 6.19. The Morgan fingerprint density at radius 1 is 1.11 bits per heavy atom. The molecule has 9 heavy (non-hydrogen) atoms. The van der Waals surface area contributed by atoms with E-state index in [1.165, 1.54) is 12.8 Å². The molecule has 1 unspecified atom stereocenters. The fourth-order valence-corrected chi connectivity index (χ4v) is 2.30. The van der Waals surface area contributed by atoms with Crippen LogP contribution in [-0.4, -0.2) is 21.1 Å². The lowest BCUT2D eigenvalue weighted by molar-refractivity contribution is 0.0760. The van der Waals surface area contributed by atoms with Crippen LogP contribution in [0.3, 0.4) is 0 Å². The predicted octanol–water partition coefficient (Wildman–Crippen LogP) is 2.40. The summed E-state index contributed by atoms with van der Waals surface area (Å²) >= 11 is 4.78. The maximum atomic E-state index is 5.64. The monoisotopic (exact) mass is 352 g/mol. The van der Waals surface area contributed by atoms with Gasteiger partial charge in [0.25, 0.3) is 0 Å². The van der Waals surface area contributed by atoms with Gasteiger partial charge in [-0.15, -0.1) is 0 Å². The molecule has 0 spiro atoms. The van der Waals surface area contributed by atoms with Gasteiger partial charge in [-0.05, 0) is 12.8 Å². The predicted molar refractivity (Wildman–Crippen MR) is 55.7 cm³/mol. The first-order valence-electron chi connectivity index (χ1n) is 3.14. The minimum atomic E-state index is 0.561. The van der Waals surface area contributed by atoms with Crippen LogP contribution in [0.1, 0.15) is 12.8 Å². The second kappa shape index (κ2) is 4.33. The van der Waals surface area contributed by atoms with E-state index in [2.05, 4.69) is 45.2 Å². The van der Waals surface area contributed by atoms with Crippen molar-refractivity contribution in [3.05, 3.63) is 0 Å². The normalized spacial score (nSPS) is 35.3. The summed E-state index contributed by atoms with van der Waals surface area (Å²) in [6.45, 7) is 0. The van der Waals surface area contributed by atoms with E-state index in [1.54, 1.807) is 0 Å². The van der Waals surface area contributed by atoms with E-state index in [0.29, 0.717) is 12.2 Å². The number of halogens is 2. The third kappa shape index (κ3) is 2.49. The van der Waals surface area contributed by atoms with Crippen molar-refractivity contribution >= 4 is 45.2 Å². The molecular weight excluding hydrogens is 342 g/mol. The van der Waals surface area contributed by atoms with E-state index < -0.39 is 0 Å². The number of alkyl halides is 2. The van der Waals surface area contributed by atoms with E-state index >= 15 is 0 Å². The Kier molecular flexibility index (Phi) is 4.10. The van der Waals surface area contributed by atoms with Crippen molar-refractivity contribution in [2.24, 2.45) is 0 Å². The molecule has 1 aliphatic rings. The minimum absolute atomic E-state index is 0.561. The molecule has 1 heterocycles. The molecule has 0 amide bonds. The Balaban J connectivity index is 2.20. The summed E-state index contributed by atoms with van der Waals surface area (Å²) in [7, 11) is 0. The Morgan fingerprint density at radius 3 is 1.78 bits per heavy atom. The highest BCUT2D eigenvalue weighted by Gasteiger charge is 2.22. The first kappa shape index (κ1) is 8.52. The maximum absolute atomic E-state index is 5.64. The van der Waals surface area contributed by atoms with Gasteiger partial charge in [0, 0.05) is 8.86 Å². The van der Waals surface area contributed by atoms with Gasteiger partial charge < -0.3 is 4.74 Å². The largest absolute Gasteiger partial charge is 0.373 e. The van der Waals surface area contributed by atoms with E-state index in [-0.39, 0.29) is 0 Å². The van der Waals surface area contributed by atoms with Gasteiger partial charge in [-0.1, -0.05) is 45.2 Å². The number of rotatable bonds is 2. The summed E-state index contributed by atoms with van der Waals surface area (Å²) in [6, 6.07) is 0. The molecule has 3 heteroatoms. The molecule has 1 saturated heterocycles. The summed E-state index contributed by atoms with van der Waals surface area (Å²) in [4.78, 5) is 0. The van der Waals surface area contributed by atoms with Crippen LogP contribution in [0.4, 0.5) is 0 Å². The van der Waals surface area contributed by atoms with Crippen LogP contribution >= 0.6 is 45.2 Å². The summed E-state index contributed by atoms with van der Waals surface area (Å²) in [5.74, 6) is 0. The second-order valence-electron chi connectivity index (χ2n) is 2.27. The number of hydrogen-bond donors (Lipinski definition) is 0. The third-order valence-electron chi connectivity index (χ3n) is 1.54. The maximum Gasteiger partial charge on any atom is 0.0669 e. The molecule has 0 aromatic carbocycles. The highest BCUT2D eigenvalue weighted by Crippen LogP contribution is 2.22. The molecule has 54 valence electrons. The van der Waals surface area contributed by atoms with E-state index in [9.17, 15) is 0 Å². The first-order chi connectivity index (χ1) is 4.36. The van der Waals surface area contributed by atoms with Crippen molar-refractivity contribution in [1.82, 2.24) is 0 Å². The zero-order chi connectivity index (χ0) is 6.69. The zero-order valence-electron chi connectivity index (χ0n) is 5.15. The Labute approximate surface area is 83.2 Å². The molecule has 1 rings (SSSR count). The standard InChI is InChI=1S/C6H10I2O/c7-3-5-1-2-6(4-8)9-5/h5-6H,1-4H2/t5-,6?/m1/s1. The van der Waals surface area contributed by atoms with Crippen molar-refractivity contribution in [3.8, 4) is 0 Å². The molecule has 0 bridgehead atoms. The molecule has 1 nitrogen and oxygen atoms in total. The lowest BCUT2D eigenvalue weighted by atomic mass is 10.2. The number of ether oxygens (including phenoxy) is 1. The van der Waals surface area contributed by atoms with Gasteiger partial charge >= 0.3 is 0 Å². The molecule has 2 atom stereocenters. The Bertz CT molecular complexity index is 77.1. The molecule has 0 radical (unpaired) electrons. The smallest absolute Gasteiger partial charge is 0.0669 e. The lowest BCUT2D eigenvalue weighted by Gasteiger charge is -2.07. The average Bonchev–Trinajstić information content (AvgIpc) is 2.34. The van der Waals surface area contributed by atoms with Crippen LogP contribution in [0.15, 0.2) is 0 Å². The zero-order valence-corrected chi connectivity index (χ0v) is 9.46. The highest BCUT2D eigenvalue weighted by molar-refractivity contribution is 14.1. The topological polar surface area (TPSA) is 9.23 Å². The lowest BCUT2D eigenvalue weighted by Crippen LogP contribution is -2.12. The highest BCUT2D eigenvalue weighted by atomic mass is 127. The Hall–Kier alpha value is 1.42. The SMILES string of the molecule is ICC1CC[C@H](CI)O1. The van der Waals surface area contributed by atoms with Crippen molar-refractivity contribution in [1.29, 1.82) is 0 Å². The van der Waals surface area contributed by atoms with Gasteiger partial charge in [0.15, 0.2) is 0 Å². The molecular formula is C6H10I2O. The third-order valence-corrected chi connectivity index (χ3v) is 3.50. The van der Waals surface area contributed by atoms with Gasteiger partial charge in [0.05, 0.1) is 12.2 Å². The van der Waals surface area contributed by atoms with Crippen molar-refractivity contribution in [2.45, 2.75) is 25.0 Å². The molecule has 1 fully saturated rings. The quantitative estimate of drug-likeness (QED) is 0.548. The number of hydrogen-bond acceptors (Lipinski definition) is 1. The molecule has 0 saturated carbocycles. The van der Waals surface area contributed by atoms with Gasteiger partial charge in [-0.2, -0.15) is 0 Å². The summed E-state index contributed by atoms with van der Waals surface area (Å²) in [6.07, 6.45) is 3.67. The van der Waals surface area contributed by atoms with Crippen LogP contribution in [-0.2, 0) is 4.74 Å². The van der Waals surface area contributed by atoms with Gasteiger partial charge in [0.1, 0.15) is 0 Å². The van der Waals surface area contributed by atoms with E-state index in [0.717, 1.165) is 8.86 Å². The van der Waals surface area contributed by atoms with E-state index in [1.807, 2.05) is 0 Å². The van der Waals surface area contributed by atoms with Crippen molar-refractivity contribution in [3.63, 3.8) is 0 Å². The molecule has 0 aromatic rings. The summed E-state index contributed by atoms with van der Waals surface area (Å²) < 4.78 is 7.96. The van der Waals surface area contributed by atoms with E-state index in [4.69, 9.17) is 4.74 Å². The fourth-order valence-electron chi connectivity index (χ4n) is 1.01. The van der Waals surface area contributed by atoms with Crippen molar-refractivity contribution < 1.29 is 4.74 Å². The van der Waals surface area contributed by atoms with Crippen molar-refractivity contribution in [2.75, 3.05) is 8.86 Å². The second-order valence-corrected chi connectivity index (χ2v) is 4.03. The minimum Gasteiger partial charge on any atom is -0.373 e. The summed E-state index contributed by atoms with van der Waals surface area (Å²) in [5.41, 5.74) is 0. The average molecular weight is 352 g/mol. The van der Waals surface area contributed by atoms with Gasteiger partial charge in [0.2, 0.25) is 0 Å². The van der Waals surface area contributed by atoms with Gasteiger partial charge in [-0.3, -0.25) is 0 Å². The van der Waals surface area contributed by atoms with Crippen LogP contribution in [0, 0.1) is 0 Å². The summed E-state index contributed by atoms with van der Waals surface area (Å²) in [5, 5.41) is 0. The molecule has 1 aliphatic heterocycles. The molecule has 0 aliphatic carbocycles. The molecule has 0 N–H and O–H groups in total. The van der Waals surface area contributed by atoms with Crippen LogP contribution in [0.25, 0.3) is 0 Å². The van der Waals surface area contributed by atoms with Gasteiger partial charge in [-0.25, -0.2) is 0 Å². The van der Waals surface area contributed by atoms with Crippen LogP contribution < -0.4 is 0 Å². The van der Waals surface area contributed by atoms with Crippen LogP contribution in [0.5, 0.6) is 0 Å². The van der Waals surface area contributed by atoms with Crippen LogP contribution in [0.2, 0.25) is 0 Å².